The van der Waals surface area contributed by atoms with Crippen molar-refractivity contribution in [1.82, 2.24) is 4.98 Å². The summed E-state index contributed by atoms with van der Waals surface area (Å²) in [5.74, 6) is 0. The molecule has 0 atom stereocenters. The number of thiazole rings is 1. The highest BCUT2D eigenvalue weighted by atomic mass is 32.1. The Kier molecular flexibility index (Phi) is 4.38. The van der Waals surface area contributed by atoms with Gasteiger partial charge in [0, 0.05) is 24.8 Å². The Bertz CT molecular complexity index is 835. The zero-order valence-corrected chi connectivity index (χ0v) is 16.0. The molecular weight excluding hydrogens is 326 g/mol. The molecule has 4 heteroatoms. The third-order valence-electron chi connectivity index (χ3n) is 5.07. The molecule has 0 aliphatic carbocycles. The van der Waals surface area contributed by atoms with Crippen LogP contribution in [0.25, 0.3) is 10.2 Å². The Morgan fingerprint density at radius 3 is 2.40 bits per heavy atom. The van der Waals surface area contributed by atoms with Gasteiger partial charge in [-0.05, 0) is 56.9 Å². The third kappa shape index (κ3) is 3.36. The van der Waals surface area contributed by atoms with E-state index in [-0.39, 0.29) is 0 Å². The van der Waals surface area contributed by atoms with E-state index in [9.17, 15) is 0 Å². The van der Waals surface area contributed by atoms with Crippen LogP contribution in [-0.2, 0) is 0 Å². The lowest BCUT2D eigenvalue weighted by atomic mass is 10.0. The fraction of sp³-hybridized carbons (Fsp3) is 0.381. The topological polar surface area (TPSA) is 28.2 Å². The molecule has 2 heterocycles. The lowest BCUT2D eigenvalue weighted by Crippen LogP contribution is -2.39. The largest absolute Gasteiger partial charge is 0.382 e. The van der Waals surface area contributed by atoms with Crippen molar-refractivity contribution in [2.45, 2.75) is 39.7 Å². The van der Waals surface area contributed by atoms with E-state index in [1.807, 2.05) is 11.3 Å². The smallest absolute Gasteiger partial charge is 0.186 e. The Hall–Kier alpha value is -2.07. The van der Waals surface area contributed by atoms with Crippen molar-refractivity contribution in [3.63, 3.8) is 0 Å². The van der Waals surface area contributed by atoms with E-state index in [0.29, 0.717) is 6.04 Å². The van der Waals surface area contributed by atoms with Gasteiger partial charge in [0.15, 0.2) is 5.13 Å². The number of anilines is 2. The molecule has 1 aliphatic heterocycles. The summed E-state index contributed by atoms with van der Waals surface area (Å²) < 4.78 is 1.28. The van der Waals surface area contributed by atoms with Gasteiger partial charge in [-0.2, -0.15) is 0 Å². The molecule has 0 radical (unpaired) electrons. The van der Waals surface area contributed by atoms with Crippen LogP contribution in [0.4, 0.5) is 10.8 Å². The zero-order chi connectivity index (χ0) is 17.4. The molecule has 1 N–H and O–H groups in total. The number of nitrogens with one attached hydrogen (secondary N) is 1. The summed E-state index contributed by atoms with van der Waals surface area (Å²) in [4.78, 5) is 7.25. The molecule has 0 saturated carbocycles. The highest BCUT2D eigenvalue weighted by molar-refractivity contribution is 7.22. The summed E-state index contributed by atoms with van der Waals surface area (Å²) in [6.45, 7) is 8.72. The van der Waals surface area contributed by atoms with E-state index in [1.165, 1.54) is 32.2 Å². The van der Waals surface area contributed by atoms with Crippen LogP contribution in [0.2, 0.25) is 0 Å². The summed E-state index contributed by atoms with van der Waals surface area (Å²) >= 11 is 1.81. The number of benzene rings is 2. The Morgan fingerprint density at radius 1 is 1.04 bits per heavy atom. The van der Waals surface area contributed by atoms with Crippen LogP contribution in [0.3, 0.4) is 0 Å². The fourth-order valence-corrected chi connectivity index (χ4v) is 4.84. The van der Waals surface area contributed by atoms with Gasteiger partial charge in [0.1, 0.15) is 0 Å². The number of aromatic nitrogens is 1. The minimum Gasteiger partial charge on any atom is -0.382 e. The predicted molar refractivity (Wildman–Crippen MR) is 109 cm³/mol. The number of hydrogen-bond acceptors (Lipinski definition) is 4. The summed E-state index contributed by atoms with van der Waals surface area (Å²) in [6.07, 6.45) is 2.31. The average Bonchev–Trinajstić information content (AvgIpc) is 3.03. The lowest BCUT2D eigenvalue weighted by molar-refractivity contribution is 0.526. The Morgan fingerprint density at radius 2 is 1.72 bits per heavy atom. The molecule has 25 heavy (non-hydrogen) atoms. The molecule has 3 nitrogen and oxygen atoms in total. The first-order valence-electron chi connectivity index (χ1n) is 9.05. The van der Waals surface area contributed by atoms with Gasteiger partial charge in [-0.15, -0.1) is 0 Å². The van der Waals surface area contributed by atoms with Crippen LogP contribution < -0.4 is 10.2 Å². The predicted octanol–water partition coefficient (Wildman–Crippen LogP) is 5.30. The Balaban J connectivity index is 1.43. The second kappa shape index (κ2) is 6.68. The SMILES string of the molecule is Cc1cc(C)c(NC2CCN(c3nc4ccccc4s3)CC2)c(C)c1. The van der Waals surface area contributed by atoms with Crippen LogP contribution in [0.1, 0.15) is 29.5 Å². The standard InChI is InChI=1S/C21H25N3S/c1-14-12-15(2)20(16(3)13-14)22-17-8-10-24(11-9-17)21-23-18-6-4-5-7-19(18)25-21/h4-7,12-13,17,22H,8-11H2,1-3H3. The second-order valence-corrected chi connectivity index (χ2v) is 8.15. The van der Waals surface area contributed by atoms with E-state index in [2.05, 4.69) is 67.4 Å². The van der Waals surface area contributed by atoms with Gasteiger partial charge in [-0.3, -0.25) is 0 Å². The molecule has 0 amide bonds. The van der Waals surface area contributed by atoms with Crippen molar-refractivity contribution in [3.8, 4) is 0 Å². The van der Waals surface area contributed by atoms with Crippen molar-refractivity contribution in [3.05, 3.63) is 53.1 Å². The summed E-state index contributed by atoms with van der Waals surface area (Å²) in [5.41, 5.74) is 6.49. The molecule has 3 aromatic rings. The number of para-hydroxylation sites is 1. The highest BCUT2D eigenvalue weighted by Crippen LogP contribution is 2.31. The quantitative estimate of drug-likeness (QED) is 0.694. The monoisotopic (exact) mass is 351 g/mol. The molecule has 2 aromatic carbocycles. The lowest BCUT2D eigenvalue weighted by Gasteiger charge is -2.33. The molecular formula is C21H25N3S. The second-order valence-electron chi connectivity index (χ2n) is 7.14. The van der Waals surface area contributed by atoms with Gasteiger partial charge < -0.3 is 10.2 Å². The van der Waals surface area contributed by atoms with Gasteiger partial charge >= 0.3 is 0 Å². The van der Waals surface area contributed by atoms with Crippen molar-refractivity contribution in [2.24, 2.45) is 0 Å². The van der Waals surface area contributed by atoms with Gasteiger partial charge in [0.25, 0.3) is 0 Å². The number of piperidine rings is 1. The molecule has 0 unspecified atom stereocenters. The maximum Gasteiger partial charge on any atom is 0.186 e. The van der Waals surface area contributed by atoms with Crippen LogP contribution in [-0.4, -0.2) is 24.1 Å². The van der Waals surface area contributed by atoms with E-state index in [4.69, 9.17) is 4.98 Å². The normalized spacial score (nSPS) is 15.7. The van der Waals surface area contributed by atoms with Crippen molar-refractivity contribution in [1.29, 1.82) is 0 Å². The Labute approximate surface area is 153 Å². The molecule has 0 spiro atoms. The van der Waals surface area contributed by atoms with E-state index in [1.54, 1.807) is 0 Å². The number of rotatable bonds is 3. The minimum atomic E-state index is 0.547. The maximum atomic E-state index is 4.81. The molecule has 1 fully saturated rings. The minimum absolute atomic E-state index is 0.547. The van der Waals surface area contributed by atoms with Gasteiger partial charge in [-0.1, -0.05) is 41.2 Å². The highest BCUT2D eigenvalue weighted by Gasteiger charge is 2.22. The number of nitrogens with zero attached hydrogens (tertiary/aromatic N) is 2. The van der Waals surface area contributed by atoms with Crippen LogP contribution in [0.5, 0.6) is 0 Å². The molecule has 1 aromatic heterocycles. The van der Waals surface area contributed by atoms with Crippen LogP contribution in [0, 0.1) is 20.8 Å². The zero-order valence-electron chi connectivity index (χ0n) is 15.2. The number of aryl methyl sites for hydroxylation is 3. The van der Waals surface area contributed by atoms with Crippen molar-refractivity contribution in [2.75, 3.05) is 23.3 Å². The molecule has 0 bridgehead atoms. The van der Waals surface area contributed by atoms with E-state index < -0.39 is 0 Å². The van der Waals surface area contributed by atoms with Gasteiger partial charge in [-0.25, -0.2) is 4.98 Å². The number of hydrogen-bond donors (Lipinski definition) is 1. The molecule has 130 valence electrons. The third-order valence-corrected chi connectivity index (χ3v) is 6.17. The van der Waals surface area contributed by atoms with Gasteiger partial charge in [0.2, 0.25) is 0 Å². The van der Waals surface area contributed by atoms with E-state index in [0.717, 1.165) is 31.4 Å². The molecule has 1 saturated heterocycles. The average molecular weight is 352 g/mol. The maximum absolute atomic E-state index is 4.81. The molecule has 1 aliphatic rings. The first kappa shape index (κ1) is 16.4. The van der Waals surface area contributed by atoms with E-state index >= 15 is 0 Å². The van der Waals surface area contributed by atoms with Crippen LogP contribution >= 0.6 is 11.3 Å². The first-order chi connectivity index (χ1) is 12.1. The summed E-state index contributed by atoms with van der Waals surface area (Å²) in [6, 6.07) is 13.5. The van der Waals surface area contributed by atoms with Gasteiger partial charge in [0.05, 0.1) is 10.2 Å². The summed E-state index contributed by atoms with van der Waals surface area (Å²) in [7, 11) is 0. The summed E-state index contributed by atoms with van der Waals surface area (Å²) in [5, 5.41) is 4.97. The fourth-order valence-electron chi connectivity index (χ4n) is 3.82. The van der Waals surface area contributed by atoms with Crippen molar-refractivity contribution < 1.29 is 0 Å². The first-order valence-corrected chi connectivity index (χ1v) is 9.87. The van der Waals surface area contributed by atoms with Crippen molar-refractivity contribution >= 4 is 32.4 Å². The van der Waals surface area contributed by atoms with Crippen LogP contribution in [0.15, 0.2) is 36.4 Å². The molecule has 4 rings (SSSR count). The number of fused-ring (bicyclic) bond motifs is 1.